The summed E-state index contributed by atoms with van der Waals surface area (Å²) >= 11 is 0. The first-order valence-electron chi connectivity index (χ1n) is 6.30. The number of aryl methyl sites for hydroxylation is 1. The van der Waals surface area contributed by atoms with Crippen LogP contribution in [0, 0.1) is 24.0 Å². The number of nitrogens with zero attached hydrogens (tertiary/aromatic N) is 1. The van der Waals surface area contributed by atoms with Crippen LogP contribution in [-0.4, -0.2) is 32.5 Å². The van der Waals surface area contributed by atoms with Gasteiger partial charge in [0.1, 0.15) is 0 Å². The molecule has 0 amide bonds. The van der Waals surface area contributed by atoms with Crippen LogP contribution in [0.5, 0.6) is 0 Å². The maximum Gasteiger partial charge on any atom is 0.271 e. The molecule has 0 saturated carbocycles. The molecule has 0 bridgehead atoms. The Hall–Kier alpha value is -1.22. The quantitative estimate of drug-likeness (QED) is 0.637. The maximum absolute atomic E-state index is 12.4. The Morgan fingerprint density at radius 2 is 2.05 bits per heavy atom. The third kappa shape index (κ3) is 3.91. The topological polar surface area (TPSA) is 101 Å². The van der Waals surface area contributed by atoms with Gasteiger partial charge in [-0.15, -0.1) is 12.4 Å². The van der Waals surface area contributed by atoms with E-state index in [1.165, 1.54) is 6.07 Å². The van der Waals surface area contributed by atoms with Gasteiger partial charge in [-0.3, -0.25) is 10.1 Å². The number of halogens is 1. The van der Waals surface area contributed by atoms with Crippen molar-refractivity contribution >= 4 is 28.1 Å². The summed E-state index contributed by atoms with van der Waals surface area (Å²) in [6, 6.07) is 2.33. The van der Waals surface area contributed by atoms with Gasteiger partial charge in [0.05, 0.1) is 9.82 Å². The van der Waals surface area contributed by atoms with Crippen molar-refractivity contribution in [2.75, 3.05) is 13.1 Å². The van der Waals surface area contributed by atoms with E-state index in [1.54, 1.807) is 13.8 Å². The molecule has 1 aliphatic heterocycles. The van der Waals surface area contributed by atoms with Crippen molar-refractivity contribution in [1.82, 2.24) is 10.0 Å². The predicted molar refractivity (Wildman–Crippen MR) is 81.4 cm³/mol. The van der Waals surface area contributed by atoms with Crippen LogP contribution in [0.4, 0.5) is 5.69 Å². The van der Waals surface area contributed by atoms with E-state index in [-0.39, 0.29) is 29.0 Å². The molecule has 1 aliphatic rings. The summed E-state index contributed by atoms with van der Waals surface area (Å²) in [5.74, 6) is 0. The van der Waals surface area contributed by atoms with Crippen LogP contribution in [0.1, 0.15) is 17.5 Å². The molecule has 2 rings (SSSR count). The highest BCUT2D eigenvalue weighted by Gasteiger charge is 2.26. The van der Waals surface area contributed by atoms with Gasteiger partial charge in [0.2, 0.25) is 10.0 Å². The highest BCUT2D eigenvalue weighted by atomic mass is 35.5. The normalized spacial score (nSPS) is 18.3. The summed E-state index contributed by atoms with van der Waals surface area (Å²) < 4.78 is 27.3. The highest BCUT2D eigenvalue weighted by molar-refractivity contribution is 7.89. The van der Waals surface area contributed by atoms with Crippen LogP contribution in [0.25, 0.3) is 0 Å². The lowest BCUT2D eigenvalue weighted by molar-refractivity contribution is -0.385. The summed E-state index contributed by atoms with van der Waals surface area (Å²) in [5, 5.41) is 13.9. The molecule has 0 radical (unpaired) electrons. The zero-order valence-corrected chi connectivity index (χ0v) is 13.4. The third-order valence-electron chi connectivity index (χ3n) is 3.49. The molecule has 0 aliphatic carbocycles. The standard InChI is InChI=1S/C12H17N3O4S.ClH/c1-8-5-11(15(16)17)6-12(9(8)2)20(18,19)14-10-3-4-13-7-10;/h5-6,10,13-14H,3-4,7H2,1-2H3;1H. The summed E-state index contributed by atoms with van der Waals surface area (Å²) in [7, 11) is -3.75. The number of benzene rings is 1. The molecular formula is C12H18ClN3O4S. The molecule has 0 aromatic heterocycles. The van der Waals surface area contributed by atoms with Crippen molar-refractivity contribution in [2.45, 2.75) is 31.2 Å². The minimum absolute atomic E-state index is 0. The van der Waals surface area contributed by atoms with Crippen molar-refractivity contribution in [2.24, 2.45) is 0 Å². The van der Waals surface area contributed by atoms with Gasteiger partial charge in [-0.25, -0.2) is 13.1 Å². The van der Waals surface area contributed by atoms with E-state index in [2.05, 4.69) is 10.0 Å². The second kappa shape index (κ2) is 6.69. The molecule has 2 N–H and O–H groups in total. The van der Waals surface area contributed by atoms with Gasteiger partial charge in [-0.2, -0.15) is 0 Å². The lowest BCUT2D eigenvalue weighted by Gasteiger charge is -2.14. The Bertz CT molecular complexity index is 642. The number of sulfonamides is 1. The second-order valence-electron chi connectivity index (χ2n) is 4.95. The Morgan fingerprint density at radius 3 is 2.57 bits per heavy atom. The zero-order valence-electron chi connectivity index (χ0n) is 11.8. The lowest BCUT2D eigenvalue weighted by atomic mass is 10.1. The van der Waals surface area contributed by atoms with E-state index in [1.807, 2.05) is 0 Å². The summed E-state index contributed by atoms with van der Waals surface area (Å²) in [4.78, 5) is 10.3. The first-order chi connectivity index (χ1) is 9.31. The first-order valence-corrected chi connectivity index (χ1v) is 7.78. The van der Waals surface area contributed by atoms with Crippen LogP contribution in [0.15, 0.2) is 17.0 Å². The summed E-state index contributed by atoms with van der Waals surface area (Å²) in [6.45, 7) is 4.66. The lowest BCUT2D eigenvalue weighted by Crippen LogP contribution is -2.36. The van der Waals surface area contributed by atoms with Crippen LogP contribution in [0.2, 0.25) is 0 Å². The monoisotopic (exact) mass is 335 g/mol. The maximum atomic E-state index is 12.4. The third-order valence-corrected chi connectivity index (χ3v) is 5.13. The molecule has 21 heavy (non-hydrogen) atoms. The molecule has 118 valence electrons. The van der Waals surface area contributed by atoms with Crippen molar-refractivity contribution < 1.29 is 13.3 Å². The number of nitro benzene ring substituents is 1. The van der Waals surface area contributed by atoms with Crippen molar-refractivity contribution in [3.63, 3.8) is 0 Å². The molecule has 1 heterocycles. The van der Waals surface area contributed by atoms with Crippen LogP contribution in [0.3, 0.4) is 0 Å². The Labute approximate surface area is 129 Å². The van der Waals surface area contributed by atoms with E-state index in [9.17, 15) is 18.5 Å². The fourth-order valence-electron chi connectivity index (χ4n) is 2.23. The van der Waals surface area contributed by atoms with Crippen molar-refractivity contribution in [3.8, 4) is 0 Å². The Balaban J connectivity index is 0.00000220. The Morgan fingerprint density at radius 1 is 1.38 bits per heavy atom. The smallest absolute Gasteiger partial charge is 0.271 e. The molecule has 1 aromatic carbocycles. The SMILES string of the molecule is Cc1cc([N+](=O)[O-])cc(S(=O)(=O)NC2CCNC2)c1C.Cl. The van der Waals surface area contributed by atoms with E-state index in [0.29, 0.717) is 24.1 Å². The molecule has 1 saturated heterocycles. The second-order valence-corrected chi connectivity index (χ2v) is 6.64. The highest BCUT2D eigenvalue weighted by Crippen LogP contribution is 2.25. The molecule has 1 aromatic rings. The summed E-state index contributed by atoms with van der Waals surface area (Å²) in [6.07, 6.45) is 0.714. The number of hydrogen-bond acceptors (Lipinski definition) is 5. The van der Waals surface area contributed by atoms with E-state index in [0.717, 1.165) is 12.6 Å². The average molecular weight is 336 g/mol. The minimum Gasteiger partial charge on any atom is -0.315 e. The van der Waals surface area contributed by atoms with Crippen LogP contribution in [-0.2, 0) is 10.0 Å². The molecule has 0 spiro atoms. The average Bonchev–Trinajstić information content (AvgIpc) is 2.83. The fourth-order valence-corrected chi connectivity index (χ4v) is 3.84. The van der Waals surface area contributed by atoms with Gasteiger partial charge in [0, 0.05) is 24.7 Å². The molecule has 1 atom stereocenters. The largest absolute Gasteiger partial charge is 0.315 e. The van der Waals surface area contributed by atoms with E-state index >= 15 is 0 Å². The van der Waals surface area contributed by atoms with Crippen LogP contribution < -0.4 is 10.0 Å². The van der Waals surface area contributed by atoms with Gasteiger partial charge in [0.25, 0.3) is 5.69 Å². The van der Waals surface area contributed by atoms with Gasteiger partial charge in [-0.1, -0.05) is 0 Å². The van der Waals surface area contributed by atoms with Gasteiger partial charge >= 0.3 is 0 Å². The van der Waals surface area contributed by atoms with Crippen molar-refractivity contribution in [3.05, 3.63) is 33.4 Å². The molecule has 9 heteroatoms. The van der Waals surface area contributed by atoms with Gasteiger partial charge in [0.15, 0.2) is 0 Å². The first kappa shape index (κ1) is 17.8. The Kier molecular flexibility index (Phi) is 5.68. The predicted octanol–water partition coefficient (Wildman–Crippen LogP) is 1.27. The van der Waals surface area contributed by atoms with Crippen LogP contribution >= 0.6 is 12.4 Å². The zero-order chi connectivity index (χ0) is 14.9. The minimum atomic E-state index is -3.75. The number of rotatable bonds is 4. The molecule has 1 unspecified atom stereocenters. The summed E-state index contributed by atoms with van der Waals surface area (Å²) in [5.41, 5.74) is 0.913. The number of hydrogen-bond donors (Lipinski definition) is 2. The molecule has 1 fully saturated rings. The number of nitrogens with one attached hydrogen (secondary N) is 2. The molecule has 7 nitrogen and oxygen atoms in total. The molecular weight excluding hydrogens is 318 g/mol. The van der Waals surface area contributed by atoms with Gasteiger partial charge < -0.3 is 5.32 Å². The van der Waals surface area contributed by atoms with E-state index in [4.69, 9.17) is 0 Å². The number of non-ortho nitro benzene ring substituents is 1. The van der Waals surface area contributed by atoms with Crippen molar-refractivity contribution in [1.29, 1.82) is 0 Å². The number of nitro groups is 1. The van der Waals surface area contributed by atoms with E-state index < -0.39 is 14.9 Å². The van der Waals surface area contributed by atoms with Gasteiger partial charge in [-0.05, 0) is 37.9 Å². The fraction of sp³-hybridized carbons (Fsp3) is 0.500.